The zero-order valence-electron chi connectivity index (χ0n) is 20.0. The van der Waals surface area contributed by atoms with Crippen LogP contribution in [0.1, 0.15) is 23.2 Å². The van der Waals surface area contributed by atoms with Gasteiger partial charge in [0.2, 0.25) is 5.95 Å². The lowest BCUT2D eigenvalue weighted by Gasteiger charge is -2.27. The van der Waals surface area contributed by atoms with Gasteiger partial charge in [0.05, 0.1) is 6.04 Å². The number of esters is 1. The molecule has 0 saturated heterocycles. The summed E-state index contributed by atoms with van der Waals surface area (Å²) < 4.78 is 4.70. The number of aromatic nitrogens is 2. The molecule has 0 saturated carbocycles. The fraction of sp³-hybridized carbons (Fsp3) is 0.364. The topological polar surface area (TPSA) is 264 Å². The average molecular weight is 533 g/mol. The lowest BCUT2D eigenvalue weighted by atomic mass is 10.1. The van der Waals surface area contributed by atoms with Crippen molar-refractivity contribution in [1.82, 2.24) is 15.3 Å². The zero-order valence-corrected chi connectivity index (χ0v) is 20.0. The molecule has 1 aromatic heterocycles. The predicted molar refractivity (Wildman–Crippen MR) is 135 cm³/mol. The maximum atomic E-state index is 12.5. The molecule has 3 unspecified atom stereocenters. The Balaban J connectivity index is 1.48. The smallest absolute Gasteiger partial charge is 0.326 e. The molecule has 3 rings (SSSR count). The first-order valence-electron chi connectivity index (χ1n) is 11.4. The molecule has 16 heteroatoms. The summed E-state index contributed by atoms with van der Waals surface area (Å²) in [5.41, 5.74) is 11.5. The van der Waals surface area contributed by atoms with E-state index in [0.717, 1.165) is 0 Å². The number of anilines is 4. The number of ether oxygens (including phenoxy) is 1. The highest BCUT2D eigenvalue weighted by Gasteiger charge is 2.24. The van der Waals surface area contributed by atoms with E-state index in [1.165, 1.54) is 12.1 Å². The highest BCUT2D eigenvalue weighted by atomic mass is 16.5. The summed E-state index contributed by atoms with van der Waals surface area (Å²) in [5, 5.41) is 29.7. The SMILES string of the molecule is Nc1nc2c(c(=O)[nH]1)NC(CNc1ccc(C(=O)NC(CCC(=O)OCC(N)C(=O)O)C(=O)O)cc1)CN2. The molecule has 1 aliphatic heterocycles. The number of benzene rings is 1. The van der Waals surface area contributed by atoms with Crippen LogP contribution in [-0.2, 0) is 19.1 Å². The van der Waals surface area contributed by atoms with Crippen LogP contribution < -0.4 is 38.3 Å². The molecule has 2 aromatic rings. The number of carbonyl (C=O) groups excluding carboxylic acids is 2. The molecular weight excluding hydrogens is 504 g/mol. The molecular formula is C22H28N8O8. The molecule has 3 atom stereocenters. The van der Waals surface area contributed by atoms with Crippen molar-refractivity contribution in [2.45, 2.75) is 31.0 Å². The maximum Gasteiger partial charge on any atom is 0.326 e. The van der Waals surface area contributed by atoms with E-state index in [1.807, 2.05) is 0 Å². The number of nitrogens with zero attached hydrogens (tertiary/aromatic N) is 1. The number of hydrogen-bond acceptors (Lipinski definition) is 12. The van der Waals surface area contributed by atoms with Crippen molar-refractivity contribution < 1.29 is 34.1 Å². The van der Waals surface area contributed by atoms with Gasteiger partial charge in [0, 0.05) is 30.8 Å². The van der Waals surface area contributed by atoms with Crippen LogP contribution in [0.5, 0.6) is 0 Å². The minimum atomic E-state index is -1.39. The van der Waals surface area contributed by atoms with Crippen molar-refractivity contribution in [3.8, 4) is 0 Å². The number of nitrogens with two attached hydrogens (primary N) is 2. The summed E-state index contributed by atoms with van der Waals surface area (Å²) >= 11 is 0. The van der Waals surface area contributed by atoms with Gasteiger partial charge >= 0.3 is 17.9 Å². The summed E-state index contributed by atoms with van der Waals surface area (Å²) in [6.45, 7) is 0.354. The zero-order chi connectivity index (χ0) is 27.8. The summed E-state index contributed by atoms with van der Waals surface area (Å²) in [6.07, 6.45) is -0.630. The van der Waals surface area contributed by atoms with Gasteiger partial charge in [-0.15, -0.1) is 0 Å². The Kier molecular flexibility index (Phi) is 9.04. The molecule has 0 aliphatic carbocycles. The van der Waals surface area contributed by atoms with Crippen LogP contribution in [0.15, 0.2) is 29.1 Å². The van der Waals surface area contributed by atoms with Crippen molar-refractivity contribution in [2.24, 2.45) is 5.73 Å². The average Bonchev–Trinajstić information content (AvgIpc) is 2.88. The molecule has 0 fully saturated rings. The number of nitrogens with one attached hydrogen (secondary N) is 5. The summed E-state index contributed by atoms with van der Waals surface area (Å²) in [4.78, 5) is 64.9. The summed E-state index contributed by atoms with van der Waals surface area (Å²) in [6, 6.07) is 3.34. The van der Waals surface area contributed by atoms with Crippen molar-refractivity contribution in [3.63, 3.8) is 0 Å². The van der Waals surface area contributed by atoms with Gasteiger partial charge in [-0.2, -0.15) is 4.98 Å². The molecule has 0 spiro atoms. The Bertz CT molecular complexity index is 1250. The second-order valence-electron chi connectivity index (χ2n) is 8.39. The van der Waals surface area contributed by atoms with E-state index in [9.17, 15) is 29.1 Å². The van der Waals surface area contributed by atoms with E-state index < -0.39 is 42.5 Å². The lowest BCUT2D eigenvalue weighted by Crippen LogP contribution is -2.41. The second-order valence-corrected chi connectivity index (χ2v) is 8.39. The highest BCUT2D eigenvalue weighted by molar-refractivity contribution is 5.97. The first-order valence-corrected chi connectivity index (χ1v) is 11.4. The van der Waals surface area contributed by atoms with E-state index >= 15 is 0 Å². The predicted octanol–water partition coefficient (Wildman–Crippen LogP) is -1.41. The van der Waals surface area contributed by atoms with Crippen LogP contribution >= 0.6 is 0 Å². The summed E-state index contributed by atoms with van der Waals surface area (Å²) in [5.74, 6) is -3.81. The highest BCUT2D eigenvalue weighted by Crippen LogP contribution is 2.20. The number of nitrogen functional groups attached to an aromatic ring is 1. The number of H-pyrrole nitrogens is 1. The van der Waals surface area contributed by atoms with Gasteiger partial charge in [0.25, 0.3) is 11.5 Å². The first-order chi connectivity index (χ1) is 18.0. The fourth-order valence-corrected chi connectivity index (χ4v) is 3.42. The van der Waals surface area contributed by atoms with Crippen LogP contribution in [0.2, 0.25) is 0 Å². The number of fused-ring (bicyclic) bond motifs is 1. The van der Waals surface area contributed by atoms with Crippen LogP contribution in [-0.4, -0.2) is 81.8 Å². The van der Waals surface area contributed by atoms with Crippen LogP contribution in [0.4, 0.5) is 23.1 Å². The van der Waals surface area contributed by atoms with Gasteiger partial charge in [0.15, 0.2) is 5.82 Å². The molecule has 2 heterocycles. The van der Waals surface area contributed by atoms with Gasteiger partial charge in [-0.05, 0) is 30.7 Å². The Morgan fingerprint density at radius 2 is 1.87 bits per heavy atom. The van der Waals surface area contributed by atoms with Gasteiger partial charge < -0.3 is 47.7 Å². The van der Waals surface area contributed by atoms with Crippen molar-refractivity contribution >= 4 is 47.0 Å². The van der Waals surface area contributed by atoms with E-state index in [-0.39, 0.29) is 41.6 Å². The number of carboxylic acid groups (broad SMARTS) is 2. The largest absolute Gasteiger partial charge is 0.480 e. The number of aliphatic carboxylic acids is 2. The number of carboxylic acids is 2. The Labute approximate surface area is 215 Å². The number of aromatic amines is 1. The van der Waals surface area contributed by atoms with E-state index in [1.54, 1.807) is 12.1 Å². The Hall–Kier alpha value is -4.86. The van der Waals surface area contributed by atoms with Gasteiger partial charge in [0.1, 0.15) is 24.4 Å². The third kappa shape index (κ3) is 7.57. The van der Waals surface area contributed by atoms with Crippen molar-refractivity contribution in [2.75, 3.05) is 41.4 Å². The second kappa shape index (κ2) is 12.4. The molecule has 1 aromatic carbocycles. The van der Waals surface area contributed by atoms with Crippen LogP contribution in [0.25, 0.3) is 0 Å². The van der Waals surface area contributed by atoms with Gasteiger partial charge in [-0.1, -0.05) is 0 Å². The quantitative estimate of drug-likeness (QED) is 0.142. The van der Waals surface area contributed by atoms with Gasteiger partial charge in [-0.25, -0.2) is 4.79 Å². The van der Waals surface area contributed by atoms with Crippen LogP contribution in [0.3, 0.4) is 0 Å². The van der Waals surface area contributed by atoms with Gasteiger partial charge in [-0.3, -0.25) is 24.2 Å². The number of hydrogen-bond donors (Lipinski definition) is 9. The van der Waals surface area contributed by atoms with Crippen LogP contribution in [0, 0.1) is 0 Å². The fourth-order valence-electron chi connectivity index (χ4n) is 3.42. The molecule has 1 amide bonds. The third-order valence-electron chi connectivity index (χ3n) is 5.48. The van der Waals surface area contributed by atoms with Crippen molar-refractivity contribution in [1.29, 1.82) is 0 Å². The third-order valence-corrected chi connectivity index (χ3v) is 5.48. The molecule has 38 heavy (non-hydrogen) atoms. The van der Waals surface area contributed by atoms with Crippen molar-refractivity contribution in [3.05, 3.63) is 40.2 Å². The Morgan fingerprint density at radius 1 is 1.16 bits per heavy atom. The Morgan fingerprint density at radius 3 is 2.53 bits per heavy atom. The normalized spacial score (nSPS) is 15.6. The molecule has 1 aliphatic rings. The van der Waals surface area contributed by atoms with E-state index in [0.29, 0.717) is 24.6 Å². The first kappa shape index (κ1) is 27.7. The lowest BCUT2D eigenvalue weighted by molar-refractivity contribution is -0.148. The molecule has 11 N–H and O–H groups in total. The maximum absolute atomic E-state index is 12.5. The number of rotatable bonds is 12. The van der Waals surface area contributed by atoms with E-state index in [2.05, 4.69) is 31.2 Å². The monoisotopic (exact) mass is 532 g/mol. The minimum Gasteiger partial charge on any atom is -0.480 e. The standard InChI is InChI=1S/C22H28N8O8/c23-13(20(34)35)9-38-15(31)6-5-14(21(36)37)28-18(32)10-1-3-11(4-2-10)25-7-12-8-26-17-16(27-12)19(33)30-22(24)29-17/h1-4,12-14,25,27H,5-9,23H2,(H,28,32)(H,34,35)(H,36,37)(H4,24,26,29,30,33). The van der Waals surface area contributed by atoms with E-state index in [4.69, 9.17) is 21.3 Å². The molecule has 204 valence electrons. The molecule has 0 radical (unpaired) electrons. The number of carbonyl (C=O) groups is 4. The number of amides is 1. The molecule has 16 nitrogen and oxygen atoms in total. The summed E-state index contributed by atoms with van der Waals surface area (Å²) in [7, 11) is 0. The minimum absolute atomic E-state index is 0.0131. The molecule has 0 bridgehead atoms.